The van der Waals surface area contributed by atoms with E-state index in [9.17, 15) is 4.79 Å². The summed E-state index contributed by atoms with van der Waals surface area (Å²) in [7, 11) is 0. The van der Waals surface area contributed by atoms with Gasteiger partial charge in [0.1, 0.15) is 16.6 Å². The van der Waals surface area contributed by atoms with Crippen molar-refractivity contribution in [2.75, 3.05) is 6.61 Å². The lowest BCUT2D eigenvalue weighted by atomic mass is 10.2. The van der Waals surface area contributed by atoms with Gasteiger partial charge in [0.2, 0.25) is 0 Å². The number of nitrogens with zero attached hydrogens (tertiary/aromatic N) is 2. The van der Waals surface area contributed by atoms with E-state index in [1.807, 2.05) is 25.1 Å². The Kier molecular flexibility index (Phi) is 3.43. The quantitative estimate of drug-likeness (QED) is 0.692. The molecule has 108 valence electrons. The Morgan fingerprint density at radius 3 is 3.00 bits per heavy atom. The Morgan fingerprint density at radius 1 is 1.52 bits per heavy atom. The van der Waals surface area contributed by atoms with Gasteiger partial charge >= 0.3 is 5.97 Å². The minimum absolute atomic E-state index is 0.123. The Morgan fingerprint density at radius 2 is 2.33 bits per heavy atom. The van der Waals surface area contributed by atoms with E-state index in [4.69, 9.17) is 20.8 Å². The summed E-state index contributed by atoms with van der Waals surface area (Å²) in [6, 6.07) is 5.61. The van der Waals surface area contributed by atoms with Crippen LogP contribution in [0.25, 0.3) is 17.0 Å². The first-order valence-electron chi connectivity index (χ1n) is 6.51. The summed E-state index contributed by atoms with van der Waals surface area (Å²) in [5.74, 6) is 0.201. The maximum atomic E-state index is 11.9. The number of aromatic nitrogens is 2. The van der Waals surface area contributed by atoms with Crippen LogP contribution in [0.1, 0.15) is 23.0 Å². The van der Waals surface area contributed by atoms with Crippen molar-refractivity contribution >= 4 is 23.2 Å². The molecule has 0 aliphatic carbocycles. The van der Waals surface area contributed by atoms with Crippen molar-refractivity contribution < 1.29 is 13.9 Å². The molecule has 0 amide bonds. The summed E-state index contributed by atoms with van der Waals surface area (Å²) < 4.78 is 12.0. The molecule has 0 aliphatic rings. The van der Waals surface area contributed by atoms with Crippen LogP contribution >= 0.6 is 11.6 Å². The predicted octanol–water partition coefficient (Wildman–Crippen LogP) is 3.73. The van der Waals surface area contributed by atoms with E-state index in [-0.39, 0.29) is 17.5 Å². The number of pyridine rings is 1. The summed E-state index contributed by atoms with van der Waals surface area (Å²) in [5, 5.41) is 0.236. The molecule has 0 fully saturated rings. The number of ether oxygens (including phenoxy) is 1. The van der Waals surface area contributed by atoms with Crippen LogP contribution in [0, 0.1) is 6.92 Å². The number of halogens is 1. The van der Waals surface area contributed by atoms with E-state index >= 15 is 0 Å². The second-order valence-corrected chi connectivity index (χ2v) is 4.91. The normalized spacial score (nSPS) is 11.0. The molecule has 21 heavy (non-hydrogen) atoms. The number of imidazole rings is 1. The van der Waals surface area contributed by atoms with Gasteiger partial charge in [-0.1, -0.05) is 11.6 Å². The first kappa shape index (κ1) is 13.7. The zero-order chi connectivity index (χ0) is 15.0. The molecule has 0 N–H and O–H groups in total. The van der Waals surface area contributed by atoms with Crippen LogP contribution in [0.5, 0.6) is 0 Å². The van der Waals surface area contributed by atoms with Crippen molar-refractivity contribution in [3.63, 3.8) is 0 Å². The molecule has 0 atom stereocenters. The minimum atomic E-state index is -0.523. The van der Waals surface area contributed by atoms with Crippen LogP contribution in [0.3, 0.4) is 0 Å². The molecule has 0 radical (unpaired) electrons. The van der Waals surface area contributed by atoms with E-state index in [1.165, 1.54) is 0 Å². The Labute approximate surface area is 126 Å². The van der Waals surface area contributed by atoms with Crippen LogP contribution in [0.2, 0.25) is 5.15 Å². The number of hydrogen-bond acceptors (Lipinski definition) is 4. The molecular formula is C15H13ClN2O3. The fraction of sp³-hybridized carbons (Fsp3) is 0.200. The summed E-state index contributed by atoms with van der Waals surface area (Å²) in [6.07, 6.45) is 3.40. The maximum Gasteiger partial charge on any atom is 0.360 e. The van der Waals surface area contributed by atoms with Gasteiger partial charge in [-0.2, -0.15) is 0 Å². The van der Waals surface area contributed by atoms with Gasteiger partial charge in [-0.15, -0.1) is 0 Å². The summed E-state index contributed by atoms with van der Waals surface area (Å²) in [5.41, 5.74) is 2.50. The standard InChI is InChI=1S/C15H13ClN2O3/c1-3-20-15(19)12-13(16)18-8-10(11-5-4-6-21-11)7-9(2)14(18)17-12/h4-8H,3H2,1-2H3. The maximum absolute atomic E-state index is 11.9. The molecule has 5 nitrogen and oxygen atoms in total. The molecule has 0 spiro atoms. The highest BCUT2D eigenvalue weighted by Gasteiger charge is 2.20. The predicted molar refractivity (Wildman–Crippen MR) is 78.6 cm³/mol. The molecule has 3 aromatic rings. The number of carbonyl (C=O) groups is 1. The van der Waals surface area contributed by atoms with E-state index < -0.39 is 5.97 Å². The highest BCUT2D eigenvalue weighted by atomic mass is 35.5. The van der Waals surface area contributed by atoms with Crippen molar-refractivity contribution in [3.8, 4) is 11.3 Å². The minimum Gasteiger partial charge on any atom is -0.464 e. The third-order valence-electron chi connectivity index (χ3n) is 3.12. The SMILES string of the molecule is CCOC(=O)c1nc2c(C)cc(-c3ccco3)cn2c1Cl. The summed E-state index contributed by atoms with van der Waals surface area (Å²) in [4.78, 5) is 16.1. The third-order valence-corrected chi connectivity index (χ3v) is 3.48. The molecule has 6 heteroatoms. The van der Waals surface area contributed by atoms with Gasteiger partial charge in [-0.05, 0) is 37.6 Å². The van der Waals surface area contributed by atoms with E-state index in [1.54, 1.807) is 23.8 Å². The number of furan rings is 1. The van der Waals surface area contributed by atoms with Crippen molar-refractivity contribution in [1.29, 1.82) is 0 Å². The number of fused-ring (bicyclic) bond motifs is 1. The van der Waals surface area contributed by atoms with Crippen molar-refractivity contribution in [3.05, 3.63) is 47.1 Å². The monoisotopic (exact) mass is 304 g/mol. The summed E-state index contributed by atoms with van der Waals surface area (Å²) >= 11 is 6.26. The van der Waals surface area contributed by atoms with Gasteiger partial charge in [0.15, 0.2) is 5.69 Å². The molecular weight excluding hydrogens is 292 g/mol. The Balaban J connectivity index is 2.18. The van der Waals surface area contributed by atoms with Gasteiger partial charge in [0.05, 0.1) is 12.9 Å². The molecule has 0 aromatic carbocycles. The highest BCUT2D eigenvalue weighted by Crippen LogP contribution is 2.27. The molecule has 0 aliphatic heterocycles. The molecule has 3 heterocycles. The first-order chi connectivity index (χ1) is 10.1. The fourth-order valence-corrected chi connectivity index (χ4v) is 2.44. The molecule has 0 saturated carbocycles. The van der Waals surface area contributed by atoms with Gasteiger partial charge in [0, 0.05) is 11.8 Å². The fourth-order valence-electron chi connectivity index (χ4n) is 2.19. The third kappa shape index (κ3) is 2.29. The second-order valence-electron chi connectivity index (χ2n) is 4.55. The molecule has 0 bridgehead atoms. The van der Waals surface area contributed by atoms with Gasteiger partial charge in [-0.25, -0.2) is 9.78 Å². The lowest BCUT2D eigenvalue weighted by molar-refractivity contribution is 0.0520. The summed E-state index contributed by atoms with van der Waals surface area (Å²) in [6.45, 7) is 3.92. The zero-order valence-corrected chi connectivity index (χ0v) is 12.3. The average molecular weight is 305 g/mol. The van der Waals surface area contributed by atoms with Crippen LogP contribution in [-0.4, -0.2) is 22.0 Å². The Hall–Kier alpha value is -2.27. The zero-order valence-electron chi connectivity index (χ0n) is 11.6. The number of esters is 1. The Bertz CT molecular complexity index is 806. The van der Waals surface area contributed by atoms with E-state index in [2.05, 4.69) is 4.98 Å². The smallest absolute Gasteiger partial charge is 0.360 e. The van der Waals surface area contributed by atoms with Crippen molar-refractivity contribution in [2.45, 2.75) is 13.8 Å². The van der Waals surface area contributed by atoms with Crippen LogP contribution in [0.15, 0.2) is 35.1 Å². The van der Waals surface area contributed by atoms with E-state index in [0.717, 1.165) is 16.9 Å². The highest BCUT2D eigenvalue weighted by molar-refractivity contribution is 6.32. The number of hydrogen-bond donors (Lipinski definition) is 0. The van der Waals surface area contributed by atoms with Crippen molar-refractivity contribution in [1.82, 2.24) is 9.38 Å². The van der Waals surface area contributed by atoms with Crippen molar-refractivity contribution in [2.24, 2.45) is 0 Å². The van der Waals surface area contributed by atoms with Crippen LogP contribution in [0.4, 0.5) is 0 Å². The van der Waals surface area contributed by atoms with Crippen LogP contribution in [-0.2, 0) is 4.74 Å². The number of carbonyl (C=O) groups excluding carboxylic acids is 1. The number of rotatable bonds is 3. The van der Waals surface area contributed by atoms with E-state index in [0.29, 0.717) is 5.65 Å². The van der Waals surface area contributed by atoms with Crippen LogP contribution < -0.4 is 0 Å². The second kappa shape index (κ2) is 5.26. The molecule has 3 rings (SSSR count). The lowest BCUT2D eigenvalue weighted by Gasteiger charge is -2.03. The first-order valence-corrected chi connectivity index (χ1v) is 6.88. The molecule has 0 unspecified atom stereocenters. The van der Waals surface area contributed by atoms with Gasteiger partial charge < -0.3 is 9.15 Å². The topological polar surface area (TPSA) is 56.7 Å². The van der Waals surface area contributed by atoms with Gasteiger partial charge in [0.25, 0.3) is 0 Å². The molecule has 3 aromatic heterocycles. The molecule has 0 saturated heterocycles. The number of aryl methyl sites for hydroxylation is 1. The van der Waals surface area contributed by atoms with Gasteiger partial charge in [-0.3, -0.25) is 4.40 Å². The largest absolute Gasteiger partial charge is 0.464 e. The lowest BCUT2D eigenvalue weighted by Crippen LogP contribution is -2.05. The average Bonchev–Trinajstić information content (AvgIpc) is 3.08.